The number of methoxy groups -OCH3 is 1. The molecule has 0 unspecified atom stereocenters. The van der Waals surface area contributed by atoms with Crippen molar-refractivity contribution < 1.29 is 9.53 Å². The molecule has 1 aliphatic heterocycles. The van der Waals surface area contributed by atoms with Crippen LogP contribution in [0, 0.1) is 0 Å². The molecule has 0 atom stereocenters. The van der Waals surface area contributed by atoms with Crippen LogP contribution in [0.3, 0.4) is 0 Å². The number of carbonyl (C=O) groups excluding carboxylic acids is 1. The highest BCUT2D eigenvalue weighted by molar-refractivity contribution is 5.67. The average molecular weight is 200 g/mol. The molecular formula is C10H20N2O2. The molecule has 1 fully saturated rings. The van der Waals surface area contributed by atoms with Crippen molar-refractivity contribution in [1.82, 2.24) is 10.2 Å². The standard InChI is InChI=1S/C10H20N2O2/c1-3-6-12-7-4-9(5-8-12)11-10(13)14-2/h9H,3-8H2,1-2H3,(H,11,13). The van der Waals surface area contributed by atoms with Crippen LogP contribution in [0.2, 0.25) is 0 Å². The summed E-state index contributed by atoms with van der Waals surface area (Å²) >= 11 is 0. The van der Waals surface area contributed by atoms with Crippen LogP contribution in [-0.4, -0.2) is 43.8 Å². The van der Waals surface area contributed by atoms with Crippen molar-refractivity contribution in [2.75, 3.05) is 26.7 Å². The molecular weight excluding hydrogens is 180 g/mol. The number of likely N-dealkylation sites (tertiary alicyclic amines) is 1. The third kappa shape index (κ3) is 3.54. The van der Waals surface area contributed by atoms with E-state index in [1.54, 1.807) is 0 Å². The van der Waals surface area contributed by atoms with E-state index < -0.39 is 0 Å². The van der Waals surface area contributed by atoms with Crippen molar-refractivity contribution in [1.29, 1.82) is 0 Å². The number of hydrogen-bond donors (Lipinski definition) is 1. The average Bonchev–Trinajstić information content (AvgIpc) is 2.21. The van der Waals surface area contributed by atoms with E-state index in [1.807, 2.05) is 0 Å². The Bertz CT molecular complexity index is 177. The summed E-state index contributed by atoms with van der Waals surface area (Å²) in [6, 6.07) is 0.301. The molecule has 0 aromatic rings. The lowest BCUT2D eigenvalue weighted by atomic mass is 10.1. The minimum absolute atomic E-state index is 0.301. The smallest absolute Gasteiger partial charge is 0.407 e. The molecule has 4 heteroatoms. The number of hydrogen-bond acceptors (Lipinski definition) is 3. The second kappa shape index (κ2) is 5.86. The van der Waals surface area contributed by atoms with Gasteiger partial charge in [0.05, 0.1) is 7.11 Å². The zero-order valence-corrected chi connectivity index (χ0v) is 9.08. The van der Waals surface area contributed by atoms with Gasteiger partial charge in [-0.1, -0.05) is 6.92 Å². The van der Waals surface area contributed by atoms with Gasteiger partial charge in [-0.2, -0.15) is 0 Å². The molecule has 1 heterocycles. The Morgan fingerprint density at radius 2 is 2.14 bits per heavy atom. The molecule has 14 heavy (non-hydrogen) atoms. The largest absolute Gasteiger partial charge is 0.453 e. The molecule has 4 nitrogen and oxygen atoms in total. The van der Waals surface area contributed by atoms with E-state index in [1.165, 1.54) is 20.1 Å². The number of nitrogens with one attached hydrogen (secondary N) is 1. The maximum Gasteiger partial charge on any atom is 0.407 e. The summed E-state index contributed by atoms with van der Waals surface area (Å²) in [5.74, 6) is 0. The molecule has 0 aliphatic carbocycles. The first-order chi connectivity index (χ1) is 6.76. The van der Waals surface area contributed by atoms with Gasteiger partial charge in [0.15, 0.2) is 0 Å². The van der Waals surface area contributed by atoms with Crippen molar-refractivity contribution in [3.05, 3.63) is 0 Å². The Labute approximate surface area is 85.6 Å². The normalized spacial score (nSPS) is 19.3. The van der Waals surface area contributed by atoms with E-state index in [0.29, 0.717) is 6.04 Å². The molecule has 1 aliphatic rings. The maximum atomic E-state index is 10.9. The van der Waals surface area contributed by atoms with Gasteiger partial charge in [-0.3, -0.25) is 0 Å². The second-order valence-corrected chi connectivity index (χ2v) is 3.75. The topological polar surface area (TPSA) is 41.6 Å². The molecule has 0 bridgehead atoms. The van der Waals surface area contributed by atoms with E-state index in [0.717, 1.165) is 25.9 Å². The number of rotatable bonds is 3. The van der Waals surface area contributed by atoms with E-state index in [4.69, 9.17) is 0 Å². The van der Waals surface area contributed by atoms with Gasteiger partial charge in [-0.05, 0) is 25.8 Å². The van der Waals surface area contributed by atoms with Gasteiger partial charge in [0.1, 0.15) is 0 Å². The summed E-state index contributed by atoms with van der Waals surface area (Å²) in [7, 11) is 1.40. The van der Waals surface area contributed by atoms with E-state index >= 15 is 0 Å². The van der Waals surface area contributed by atoms with Gasteiger partial charge in [0.25, 0.3) is 0 Å². The van der Waals surface area contributed by atoms with Gasteiger partial charge in [0.2, 0.25) is 0 Å². The fraction of sp³-hybridized carbons (Fsp3) is 0.900. The Hall–Kier alpha value is -0.770. The number of amides is 1. The van der Waals surface area contributed by atoms with Crippen LogP contribution >= 0.6 is 0 Å². The predicted octanol–water partition coefficient (Wildman–Crippen LogP) is 1.22. The van der Waals surface area contributed by atoms with Crippen LogP contribution < -0.4 is 5.32 Å². The number of piperidine rings is 1. The van der Waals surface area contributed by atoms with Crippen LogP contribution in [0.15, 0.2) is 0 Å². The van der Waals surface area contributed by atoms with Crippen LogP contribution in [0.25, 0.3) is 0 Å². The molecule has 1 amide bonds. The Morgan fingerprint density at radius 3 is 2.64 bits per heavy atom. The van der Waals surface area contributed by atoms with Gasteiger partial charge in [-0.15, -0.1) is 0 Å². The van der Waals surface area contributed by atoms with Crippen LogP contribution in [-0.2, 0) is 4.74 Å². The zero-order valence-electron chi connectivity index (χ0n) is 9.08. The molecule has 0 aromatic heterocycles. The predicted molar refractivity (Wildman–Crippen MR) is 55.3 cm³/mol. The third-order valence-electron chi connectivity index (χ3n) is 2.63. The summed E-state index contributed by atoms with van der Waals surface area (Å²) < 4.78 is 4.56. The monoisotopic (exact) mass is 200 g/mol. The Kier molecular flexibility index (Phi) is 4.73. The van der Waals surface area contributed by atoms with E-state index in [2.05, 4.69) is 21.9 Å². The van der Waals surface area contributed by atoms with Crippen molar-refractivity contribution >= 4 is 6.09 Å². The van der Waals surface area contributed by atoms with Crippen molar-refractivity contribution in [2.24, 2.45) is 0 Å². The van der Waals surface area contributed by atoms with Gasteiger partial charge in [0, 0.05) is 19.1 Å². The highest BCUT2D eigenvalue weighted by Crippen LogP contribution is 2.10. The molecule has 0 radical (unpaired) electrons. The summed E-state index contributed by atoms with van der Waals surface area (Å²) in [5, 5.41) is 2.84. The number of carbonyl (C=O) groups is 1. The summed E-state index contributed by atoms with van der Waals surface area (Å²) in [6.07, 6.45) is 2.97. The SMILES string of the molecule is CCCN1CCC(NC(=O)OC)CC1. The van der Waals surface area contributed by atoms with E-state index in [9.17, 15) is 4.79 Å². The minimum Gasteiger partial charge on any atom is -0.453 e. The van der Waals surface area contributed by atoms with Crippen molar-refractivity contribution in [3.8, 4) is 0 Å². The minimum atomic E-state index is -0.307. The van der Waals surface area contributed by atoms with Crippen LogP contribution in [0.1, 0.15) is 26.2 Å². The lowest BCUT2D eigenvalue weighted by molar-refractivity contribution is 0.152. The number of ether oxygens (including phenoxy) is 1. The van der Waals surface area contributed by atoms with E-state index in [-0.39, 0.29) is 6.09 Å². The van der Waals surface area contributed by atoms with Crippen molar-refractivity contribution in [2.45, 2.75) is 32.2 Å². The molecule has 1 N–H and O–H groups in total. The zero-order chi connectivity index (χ0) is 10.4. The maximum absolute atomic E-state index is 10.9. The molecule has 0 saturated carbocycles. The Balaban J connectivity index is 2.18. The molecule has 0 spiro atoms. The molecule has 1 saturated heterocycles. The first-order valence-corrected chi connectivity index (χ1v) is 5.33. The summed E-state index contributed by atoms with van der Waals surface area (Å²) in [5.41, 5.74) is 0. The number of alkyl carbamates (subject to hydrolysis) is 1. The lowest BCUT2D eigenvalue weighted by Gasteiger charge is -2.31. The molecule has 1 rings (SSSR count). The highest BCUT2D eigenvalue weighted by Gasteiger charge is 2.19. The van der Waals surface area contributed by atoms with Gasteiger partial charge < -0.3 is 15.0 Å². The first-order valence-electron chi connectivity index (χ1n) is 5.33. The fourth-order valence-corrected chi connectivity index (χ4v) is 1.84. The first kappa shape index (κ1) is 11.3. The van der Waals surface area contributed by atoms with Gasteiger partial charge >= 0.3 is 6.09 Å². The lowest BCUT2D eigenvalue weighted by Crippen LogP contribution is -2.44. The van der Waals surface area contributed by atoms with Crippen molar-refractivity contribution in [3.63, 3.8) is 0 Å². The second-order valence-electron chi connectivity index (χ2n) is 3.75. The highest BCUT2D eigenvalue weighted by atomic mass is 16.5. The third-order valence-corrected chi connectivity index (χ3v) is 2.63. The summed E-state index contributed by atoms with van der Waals surface area (Å²) in [6.45, 7) is 5.54. The quantitative estimate of drug-likeness (QED) is 0.744. The molecule has 82 valence electrons. The Morgan fingerprint density at radius 1 is 1.50 bits per heavy atom. The molecule has 0 aromatic carbocycles. The van der Waals surface area contributed by atoms with Gasteiger partial charge in [-0.25, -0.2) is 4.79 Å². The summed E-state index contributed by atoms with van der Waals surface area (Å²) in [4.78, 5) is 13.4. The number of nitrogens with zero attached hydrogens (tertiary/aromatic N) is 1. The van der Waals surface area contributed by atoms with Crippen LogP contribution in [0.5, 0.6) is 0 Å². The fourth-order valence-electron chi connectivity index (χ4n) is 1.84. The van der Waals surface area contributed by atoms with Crippen LogP contribution in [0.4, 0.5) is 4.79 Å².